The average Bonchev–Trinajstić information content (AvgIpc) is 2.92. The molecule has 1 aromatic carbocycles. The number of likely N-dealkylation sites (N-methyl/N-ethyl adjacent to an activating group) is 2. The maximum absolute atomic E-state index is 12.3. The number of thioether (sulfide) groups is 1. The molecule has 0 radical (unpaired) electrons. The minimum absolute atomic E-state index is 0.0102. The number of allylic oxidation sites excluding steroid dienone is 3. The average molecular weight is 387 g/mol. The van der Waals surface area contributed by atoms with Crippen molar-refractivity contribution >= 4 is 46.0 Å². The van der Waals surface area contributed by atoms with Crippen LogP contribution < -0.4 is 9.64 Å². The number of nitrogens with zero attached hydrogens (tertiary/aromatic N) is 2. The van der Waals surface area contributed by atoms with Crippen LogP contribution in [0.5, 0.6) is 5.75 Å². The SMILES string of the molecule is CCOc1ccc2c(c1)C=C/C(=C\C=C1/SC(=S)N(CC)C1=O)N2CC. The molecule has 0 atom stereocenters. The van der Waals surface area contributed by atoms with E-state index in [-0.39, 0.29) is 5.91 Å². The van der Waals surface area contributed by atoms with E-state index in [1.54, 1.807) is 4.90 Å². The molecule has 0 spiro atoms. The first kappa shape index (κ1) is 18.7. The van der Waals surface area contributed by atoms with Gasteiger partial charge in [-0.2, -0.15) is 0 Å². The summed E-state index contributed by atoms with van der Waals surface area (Å²) in [6.45, 7) is 8.12. The van der Waals surface area contributed by atoms with Crippen LogP contribution in [0.15, 0.2) is 47.0 Å². The Balaban J connectivity index is 1.89. The molecule has 1 amide bonds. The van der Waals surface area contributed by atoms with Gasteiger partial charge in [0.2, 0.25) is 0 Å². The fourth-order valence-corrected chi connectivity index (χ4v) is 4.34. The van der Waals surface area contributed by atoms with Crippen LogP contribution in [0.3, 0.4) is 0 Å². The van der Waals surface area contributed by atoms with Gasteiger partial charge in [-0.15, -0.1) is 0 Å². The number of carbonyl (C=O) groups is 1. The summed E-state index contributed by atoms with van der Waals surface area (Å²) in [4.78, 5) is 16.9. The third kappa shape index (κ3) is 3.57. The van der Waals surface area contributed by atoms with Gasteiger partial charge in [-0.25, -0.2) is 0 Å². The molecule has 2 aliphatic rings. The first-order valence-electron chi connectivity index (χ1n) is 8.77. The predicted molar refractivity (Wildman–Crippen MR) is 113 cm³/mol. The number of carbonyl (C=O) groups excluding carboxylic acids is 1. The fraction of sp³-hybridized carbons (Fsp3) is 0.300. The molecule has 0 bridgehead atoms. The van der Waals surface area contributed by atoms with Gasteiger partial charge in [-0.05, 0) is 57.2 Å². The lowest BCUT2D eigenvalue weighted by molar-refractivity contribution is -0.122. The Morgan fingerprint density at radius 2 is 1.88 bits per heavy atom. The van der Waals surface area contributed by atoms with Gasteiger partial charge >= 0.3 is 0 Å². The summed E-state index contributed by atoms with van der Waals surface area (Å²) < 4.78 is 6.22. The number of anilines is 1. The number of benzene rings is 1. The minimum atomic E-state index is -0.0102. The lowest BCUT2D eigenvalue weighted by atomic mass is 10.0. The quantitative estimate of drug-likeness (QED) is 0.546. The largest absolute Gasteiger partial charge is 0.494 e. The van der Waals surface area contributed by atoms with Crippen molar-refractivity contribution in [2.45, 2.75) is 20.8 Å². The number of fused-ring (bicyclic) bond motifs is 1. The van der Waals surface area contributed by atoms with E-state index in [9.17, 15) is 4.79 Å². The Hall–Kier alpha value is -2.05. The molecule has 2 heterocycles. The molecule has 0 aliphatic carbocycles. The highest BCUT2D eigenvalue weighted by Gasteiger charge is 2.30. The Kier molecular flexibility index (Phi) is 5.84. The molecule has 136 valence electrons. The molecule has 0 saturated carbocycles. The normalized spacial score (nSPS) is 19.7. The Bertz CT molecular complexity index is 827. The lowest BCUT2D eigenvalue weighted by Crippen LogP contribution is -2.27. The van der Waals surface area contributed by atoms with Gasteiger partial charge in [0, 0.05) is 30.0 Å². The van der Waals surface area contributed by atoms with Crippen molar-refractivity contribution in [3.05, 3.63) is 52.6 Å². The first-order chi connectivity index (χ1) is 12.6. The monoisotopic (exact) mass is 386 g/mol. The van der Waals surface area contributed by atoms with Crippen LogP contribution in [0.25, 0.3) is 6.08 Å². The van der Waals surface area contributed by atoms with Gasteiger partial charge in [0.15, 0.2) is 0 Å². The van der Waals surface area contributed by atoms with Crippen LogP contribution in [-0.2, 0) is 4.79 Å². The second kappa shape index (κ2) is 8.10. The zero-order valence-corrected chi connectivity index (χ0v) is 16.8. The maximum atomic E-state index is 12.3. The summed E-state index contributed by atoms with van der Waals surface area (Å²) in [5.41, 5.74) is 3.32. The Morgan fingerprint density at radius 1 is 1.12 bits per heavy atom. The molecule has 1 saturated heterocycles. The minimum Gasteiger partial charge on any atom is -0.494 e. The van der Waals surface area contributed by atoms with Gasteiger partial charge in [-0.3, -0.25) is 9.69 Å². The summed E-state index contributed by atoms with van der Waals surface area (Å²) in [7, 11) is 0. The Labute approximate surface area is 164 Å². The van der Waals surface area contributed by atoms with Crippen molar-refractivity contribution in [1.82, 2.24) is 4.90 Å². The van der Waals surface area contributed by atoms with Crippen LogP contribution >= 0.6 is 24.0 Å². The zero-order chi connectivity index (χ0) is 18.7. The van der Waals surface area contributed by atoms with E-state index in [0.717, 1.165) is 29.2 Å². The molecule has 0 N–H and O–H groups in total. The predicted octanol–water partition coefficient (Wildman–Crippen LogP) is 4.59. The van der Waals surface area contributed by atoms with E-state index < -0.39 is 0 Å². The second-order valence-corrected chi connectivity index (χ2v) is 7.45. The van der Waals surface area contributed by atoms with Crippen molar-refractivity contribution in [3.63, 3.8) is 0 Å². The number of hydrogen-bond acceptors (Lipinski definition) is 5. The van der Waals surface area contributed by atoms with Crippen molar-refractivity contribution in [2.75, 3.05) is 24.6 Å². The van der Waals surface area contributed by atoms with Gasteiger partial charge in [-0.1, -0.05) is 30.1 Å². The molecule has 4 nitrogen and oxygen atoms in total. The van der Waals surface area contributed by atoms with E-state index in [0.29, 0.717) is 22.4 Å². The molecule has 6 heteroatoms. The van der Waals surface area contributed by atoms with Gasteiger partial charge in [0.05, 0.1) is 11.5 Å². The molecular formula is C20H22N2O2S2. The van der Waals surface area contributed by atoms with Gasteiger partial charge < -0.3 is 9.64 Å². The van der Waals surface area contributed by atoms with Crippen molar-refractivity contribution in [1.29, 1.82) is 0 Å². The van der Waals surface area contributed by atoms with E-state index in [4.69, 9.17) is 17.0 Å². The molecule has 0 aromatic heterocycles. The highest BCUT2D eigenvalue weighted by atomic mass is 32.2. The summed E-state index contributed by atoms with van der Waals surface area (Å²) in [5.74, 6) is 0.867. The Morgan fingerprint density at radius 3 is 2.54 bits per heavy atom. The standard InChI is InChI=1S/C20H22N2O2S2/c1-4-21-15(9-12-18-19(23)22(5-2)20(25)26-18)8-7-14-13-16(24-6-3)10-11-17(14)21/h7-13H,4-6H2,1-3H3/b15-9+,18-12-. The number of hydrogen-bond donors (Lipinski definition) is 0. The van der Waals surface area contributed by atoms with E-state index >= 15 is 0 Å². The molecule has 1 fully saturated rings. The van der Waals surface area contributed by atoms with Crippen molar-refractivity contribution in [2.24, 2.45) is 0 Å². The summed E-state index contributed by atoms with van der Waals surface area (Å²) in [6.07, 6.45) is 8.01. The van der Waals surface area contributed by atoms with Crippen LogP contribution in [0.1, 0.15) is 26.3 Å². The molecule has 3 rings (SSSR count). The molecule has 2 aliphatic heterocycles. The van der Waals surface area contributed by atoms with Crippen LogP contribution in [0.2, 0.25) is 0 Å². The topological polar surface area (TPSA) is 32.8 Å². The highest BCUT2D eigenvalue weighted by molar-refractivity contribution is 8.26. The summed E-state index contributed by atoms with van der Waals surface area (Å²) in [5, 5.41) is 0. The summed E-state index contributed by atoms with van der Waals surface area (Å²) >= 11 is 6.63. The fourth-order valence-electron chi connectivity index (χ4n) is 3.02. The number of rotatable bonds is 5. The molecule has 1 aromatic rings. The van der Waals surface area contributed by atoms with Crippen molar-refractivity contribution < 1.29 is 9.53 Å². The van der Waals surface area contributed by atoms with Crippen LogP contribution in [0, 0.1) is 0 Å². The molecular weight excluding hydrogens is 364 g/mol. The number of ether oxygens (including phenoxy) is 1. The third-order valence-corrected chi connectivity index (χ3v) is 5.65. The van der Waals surface area contributed by atoms with Crippen molar-refractivity contribution in [3.8, 4) is 5.75 Å². The zero-order valence-electron chi connectivity index (χ0n) is 15.2. The number of thiocarbonyl (C=S) groups is 1. The highest BCUT2D eigenvalue weighted by Crippen LogP contribution is 2.35. The molecule has 26 heavy (non-hydrogen) atoms. The maximum Gasteiger partial charge on any atom is 0.266 e. The summed E-state index contributed by atoms with van der Waals surface area (Å²) in [6, 6.07) is 6.13. The van der Waals surface area contributed by atoms with E-state index in [2.05, 4.69) is 36.1 Å². The van der Waals surface area contributed by atoms with Crippen LogP contribution in [-0.4, -0.2) is 34.8 Å². The molecule has 0 unspecified atom stereocenters. The van der Waals surface area contributed by atoms with Gasteiger partial charge in [0.1, 0.15) is 10.1 Å². The van der Waals surface area contributed by atoms with E-state index in [1.165, 1.54) is 11.8 Å². The second-order valence-electron chi connectivity index (χ2n) is 5.77. The third-order valence-electron chi connectivity index (χ3n) is 4.26. The van der Waals surface area contributed by atoms with Crippen LogP contribution in [0.4, 0.5) is 5.69 Å². The first-order valence-corrected chi connectivity index (χ1v) is 9.99. The number of amides is 1. The van der Waals surface area contributed by atoms with Gasteiger partial charge in [0.25, 0.3) is 5.91 Å². The smallest absolute Gasteiger partial charge is 0.266 e. The lowest BCUT2D eigenvalue weighted by Gasteiger charge is -2.29. The van der Waals surface area contributed by atoms with E-state index in [1.807, 2.05) is 32.1 Å².